The highest BCUT2D eigenvalue weighted by atomic mass is 79.9. The van der Waals surface area contributed by atoms with E-state index < -0.39 is 0 Å². The van der Waals surface area contributed by atoms with Crippen LogP contribution in [0, 0.1) is 5.82 Å². The van der Waals surface area contributed by atoms with Crippen LogP contribution in [0.1, 0.15) is 5.56 Å². The fourth-order valence-electron chi connectivity index (χ4n) is 1.92. The quantitative estimate of drug-likeness (QED) is 0.841. The first kappa shape index (κ1) is 16.3. The Bertz CT molecular complexity index is 647. The number of anilines is 1. The third-order valence-corrected chi connectivity index (χ3v) is 3.52. The molecule has 0 spiro atoms. The van der Waals surface area contributed by atoms with Crippen molar-refractivity contribution in [3.8, 4) is 5.75 Å². The van der Waals surface area contributed by atoms with Gasteiger partial charge in [0.05, 0.1) is 12.8 Å². The molecule has 0 bridgehead atoms. The number of carbonyl (C=O) groups excluding carboxylic acids is 1. The van der Waals surface area contributed by atoms with Gasteiger partial charge in [0.15, 0.2) is 0 Å². The first-order chi connectivity index (χ1) is 10.6. The third-order valence-electron chi connectivity index (χ3n) is 3.02. The van der Waals surface area contributed by atoms with Crippen LogP contribution in [0.3, 0.4) is 0 Å². The number of ether oxygens (including phenoxy) is 1. The maximum atomic E-state index is 12.8. The fraction of sp³-hybridized carbons (Fsp3) is 0.188. The Morgan fingerprint density at radius 3 is 2.64 bits per heavy atom. The number of halogens is 2. The van der Waals surface area contributed by atoms with E-state index in [0.29, 0.717) is 24.4 Å². The maximum Gasteiger partial charge on any atom is 0.319 e. The van der Waals surface area contributed by atoms with Gasteiger partial charge >= 0.3 is 6.03 Å². The van der Waals surface area contributed by atoms with Crippen LogP contribution in [0.15, 0.2) is 46.9 Å². The Labute approximate surface area is 136 Å². The normalized spacial score (nSPS) is 10.1. The second kappa shape index (κ2) is 7.79. The molecular formula is C16H16BrFN2O2. The Kier molecular flexibility index (Phi) is 5.77. The molecule has 0 heterocycles. The standard InChI is InChI=1S/C16H16BrFN2O2/c1-22-15-7-4-12(17)10-14(15)20-16(21)19-9-8-11-2-5-13(18)6-3-11/h2-7,10H,8-9H2,1H3,(H2,19,20,21). The Morgan fingerprint density at radius 1 is 1.23 bits per heavy atom. The van der Waals surface area contributed by atoms with E-state index in [4.69, 9.17) is 4.74 Å². The van der Waals surface area contributed by atoms with Crippen molar-refractivity contribution in [3.05, 3.63) is 58.3 Å². The van der Waals surface area contributed by atoms with E-state index in [9.17, 15) is 9.18 Å². The Balaban J connectivity index is 1.85. The van der Waals surface area contributed by atoms with Gasteiger partial charge in [-0.05, 0) is 42.3 Å². The van der Waals surface area contributed by atoms with Crippen LogP contribution in [0.5, 0.6) is 5.75 Å². The van der Waals surface area contributed by atoms with Crippen molar-refractivity contribution in [1.82, 2.24) is 5.32 Å². The molecule has 2 rings (SSSR count). The van der Waals surface area contributed by atoms with Gasteiger partial charge in [0.2, 0.25) is 0 Å². The molecule has 0 aliphatic heterocycles. The average Bonchev–Trinajstić information content (AvgIpc) is 2.49. The number of nitrogens with one attached hydrogen (secondary N) is 2. The predicted octanol–water partition coefficient (Wildman–Crippen LogP) is 3.96. The molecule has 2 amide bonds. The SMILES string of the molecule is COc1ccc(Br)cc1NC(=O)NCCc1ccc(F)cc1. The minimum Gasteiger partial charge on any atom is -0.495 e. The summed E-state index contributed by atoms with van der Waals surface area (Å²) in [5.74, 6) is 0.313. The predicted molar refractivity (Wildman–Crippen MR) is 87.8 cm³/mol. The van der Waals surface area contributed by atoms with Crippen LogP contribution in [-0.2, 0) is 6.42 Å². The smallest absolute Gasteiger partial charge is 0.319 e. The lowest BCUT2D eigenvalue weighted by Gasteiger charge is -2.11. The van der Waals surface area contributed by atoms with E-state index in [1.54, 1.807) is 31.4 Å². The summed E-state index contributed by atoms with van der Waals surface area (Å²) in [6.07, 6.45) is 0.628. The summed E-state index contributed by atoms with van der Waals surface area (Å²) in [4.78, 5) is 11.9. The molecule has 0 unspecified atom stereocenters. The summed E-state index contributed by atoms with van der Waals surface area (Å²) in [5, 5.41) is 5.48. The van der Waals surface area contributed by atoms with Gasteiger partial charge < -0.3 is 15.4 Å². The van der Waals surface area contributed by atoms with Gasteiger partial charge in [0.1, 0.15) is 11.6 Å². The van der Waals surface area contributed by atoms with E-state index in [2.05, 4.69) is 26.6 Å². The number of rotatable bonds is 5. The molecule has 0 fully saturated rings. The lowest BCUT2D eigenvalue weighted by Crippen LogP contribution is -2.30. The molecule has 0 aliphatic rings. The van der Waals surface area contributed by atoms with E-state index >= 15 is 0 Å². The molecule has 22 heavy (non-hydrogen) atoms. The topological polar surface area (TPSA) is 50.4 Å². The molecule has 116 valence electrons. The summed E-state index contributed by atoms with van der Waals surface area (Å²) >= 11 is 3.35. The number of benzene rings is 2. The lowest BCUT2D eigenvalue weighted by molar-refractivity contribution is 0.252. The molecule has 0 saturated heterocycles. The van der Waals surface area contributed by atoms with Gasteiger partial charge in [-0.2, -0.15) is 0 Å². The van der Waals surface area contributed by atoms with Crippen molar-refractivity contribution in [2.75, 3.05) is 19.0 Å². The second-order valence-electron chi connectivity index (χ2n) is 4.60. The van der Waals surface area contributed by atoms with E-state index in [0.717, 1.165) is 10.0 Å². The molecule has 0 aliphatic carbocycles. The summed E-state index contributed by atoms with van der Waals surface area (Å²) < 4.78 is 18.8. The van der Waals surface area contributed by atoms with Gasteiger partial charge in [-0.3, -0.25) is 0 Å². The molecule has 2 aromatic rings. The molecule has 0 aromatic heterocycles. The summed E-state index contributed by atoms with van der Waals surface area (Å²) in [6.45, 7) is 0.452. The Morgan fingerprint density at radius 2 is 1.95 bits per heavy atom. The summed E-state index contributed by atoms with van der Waals surface area (Å²) in [6, 6.07) is 11.2. The van der Waals surface area contributed by atoms with E-state index in [1.165, 1.54) is 12.1 Å². The highest BCUT2D eigenvalue weighted by Crippen LogP contribution is 2.27. The van der Waals surface area contributed by atoms with Crippen molar-refractivity contribution < 1.29 is 13.9 Å². The summed E-state index contributed by atoms with van der Waals surface area (Å²) in [7, 11) is 1.54. The highest BCUT2D eigenvalue weighted by Gasteiger charge is 2.07. The van der Waals surface area contributed by atoms with Crippen LogP contribution in [0.25, 0.3) is 0 Å². The van der Waals surface area contributed by atoms with Crippen molar-refractivity contribution in [3.63, 3.8) is 0 Å². The number of hydrogen-bond donors (Lipinski definition) is 2. The fourth-order valence-corrected chi connectivity index (χ4v) is 2.28. The van der Waals surface area contributed by atoms with Gasteiger partial charge in [0, 0.05) is 11.0 Å². The largest absolute Gasteiger partial charge is 0.495 e. The monoisotopic (exact) mass is 366 g/mol. The third kappa shape index (κ3) is 4.73. The van der Waals surface area contributed by atoms with Gasteiger partial charge in [-0.25, -0.2) is 9.18 Å². The number of urea groups is 1. The van der Waals surface area contributed by atoms with Crippen molar-refractivity contribution in [2.45, 2.75) is 6.42 Å². The Hall–Kier alpha value is -2.08. The first-order valence-corrected chi connectivity index (χ1v) is 7.50. The molecule has 6 heteroatoms. The zero-order valence-corrected chi connectivity index (χ0v) is 13.6. The number of carbonyl (C=O) groups is 1. The van der Waals surface area contributed by atoms with Gasteiger partial charge in [-0.15, -0.1) is 0 Å². The molecule has 0 saturated carbocycles. The number of hydrogen-bond acceptors (Lipinski definition) is 2. The van der Waals surface area contributed by atoms with Crippen LogP contribution in [-0.4, -0.2) is 19.7 Å². The molecule has 2 aromatic carbocycles. The van der Waals surface area contributed by atoms with E-state index in [1.807, 2.05) is 6.07 Å². The highest BCUT2D eigenvalue weighted by molar-refractivity contribution is 9.10. The first-order valence-electron chi connectivity index (χ1n) is 6.71. The van der Waals surface area contributed by atoms with Crippen molar-refractivity contribution in [2.24, 2.45) is 0 Å². The molecule has 4 nitrogen and oxygen atoms in total. The van der Waals surface area contributed by atoms with Crippen LogP contribution in [0.4, 0.5) is 14.9 Å². The van der Waals surface area contributed by atoms with Crippen molar-refractivity contribution >= 4 is 27.6 Å². The minimum absolute atomic E-state index is 0.267. The van der Waals surface area contributed by atoms with Crippen LogP contribution in [0.2, 0.25) is 0 Å². The molecule has 2 N–H and O–H groups in total. The van der Waals surface area contributed by atoms with Crippen LogP contribution < -0.4 is 15.4 Å². The van der Waals surface area contributed by atoms with Crippen molar-refractivity contribution in [1.29, 1.82) is 0 Å². The number of methoxy groups -OCH3 is 1. The second-order valence-corrected chi connectivity index (χ2v) is 5.52. The zero-order chi connectivity index (χ0) is 15.9. The van der Waals surface area contributed by atoms with Crippen LogP contribution >= 0.6 is 15.9 Å². The lowest BCUT2D eigenvalue weighted by atomic mass is 10.1. The molecule has 0 radical (unpaired) electrons. The van der Waals surface area contributed by atoms with Gasteiger partial charge in [-0.1, -0.05) is 28.1 Å². The number of amides is 2. The zero-order valence-electron chi connectivity index (χ0n) is 12.0. The van der Waals surface area contributed by atoms with Gasteiger partial charge in [0.25, 0.3) is 0 Å². The minimum atomic E-state index is -0.321. The van der Waals surface area contributed by atoms with E-state index in [-0.39, 0.29) is 11.8 Å². The molecule has 0 atom stereocenters. The summed E-state index contributed by atoms with van der Waals surface area (Å²) in [5.41, 5.74) is 1.54. The maximum absolute atomic E-state index is 12.8. The molecular weight excluding hydrogens is 351 g/mol. The average molecular weight is 367 g/mol.